The van der Waals surface area contributed by atoms with Gasteiger partial charge in [0.2, 0.25) is 0 Å². The quantitative estimate of drug-likeness (QED) is 0.477. The molecule has 21 heavy (non-hydrogen) atoms. The highest BCUT2D eigenvalue weighted by Crippen LogP contribution is 2.27. The van der Waals surface area contributed by atoms with E-state index in [9.17, 15) is 9.59 Å². The summed E-state index contributed by atoms with van der Waals surface area (Å²) in [7, 11) is 0. The molecule has 0 heterocycles. The minimum absolute atomic E-state index is 0.141. The smallest absolute Gasteiger partial charge is 0.303 e. The van der Waals surface area contributed by atoms with Crippen molar-refractivity contribution in [2.24, 2.45) is 5.92 Å². The molecular weight excluding hydrogens is 264 g/mol. The predicted molar refractivity (Wildman–Crippen MR) is 85.1 cm³/mol. The highest BCUT2D eigenvalue weighted by molar-refractivity contribution is 6.07. The number of allylic oxidation sites excluding steroid dienone is 6. The summed E-state index contributed by atoms with van der Waals surface area (Å²) in [5.41, 5.74) is 0.908. The zero-order valence-corrected chi connectivity index (χ0v) is 12.9. The van der Waals surface area contributed by atoms with E-state index in [0.717, 1.165) is 50.5 Å². The molecule has 116 valence electrons. The number of carboxylic acid groups (broad SMARTS) is 1. The summed E-state index contributed by atoms with van der Waals surface area (Å²) < 4.78 is 0. The summed E-state index contributed by atoms with van der Waals surface area (Å²) in [5, 5.41) is 8.55. The van der Waals surface area contributed by atoms with E-state index in [2.05, 4.69) is 13.0 Å². The van der Waals surface area contributed by atoms with E-state index in [1.54, 1.807) is 6.08 Å². The summed E-state index contributed by atoms with van der Waals surface area (Å²) in [6.07, 6.45) is 16.9. The van der Waals surface area contributed by atoms with Gasteiger partial charge in [-0.05, 0) is 25.3 Å². The van der Waals surface area contributed by atoms with Gasteiger partial charge in [0.05, 0.1) is 0 Å². The molecule has 0 aromatic heterocycles. The molecule has 3 heteroatoms. The van der Waals surface area contributed by atoms with Gasteiger partial charge < -0.3 is 5.11 Å². The minimum atomic E-state index is -0.709. The Balaban J connectivity index is 2.23. The Morgan fingerprint density at radius 1 is 1.24 bits per heavy atom. The maximum Gasteiger partial charge on any atom is 0.303 e. The Kier molecular flexibility index (Phi) is 8.41. The summed E-state index contributed by atoms with van der Waals surface area (Å²) in [6.45, 7) is 2.07. The van der Waals surface area contributed by atoms with Gasteiger partial charge in [-0.2, -0.15) is 0 Å². The molecule has 1 atom stereocenters. The molecule has 0 bridgehead atoms. The fourth-order valence-electron chi connectivity index (χ4n) is 2.52. The molecule has 0 aromatic carbocycles. The van der Waals surface area contributed by atoms with Crippen LogP contribution in [-0.2, 0) is 9.59 Å². The number of hydrogen-bond acceptors (Lipinski definition) is 2. The third-order valence-electron chi connectivity index (χ3n) is 3.72. The molecule has 0 fully saturated rings. The summed E-state index contributed by atoms with van der Waals surface area (Å²) in [6, 6.07) is 0. The predicted octanol–water partition coefficient (Wildman–Crippen LogP) is 4.45. The Morgan fingerprint density at radius 3 is 2.67 bits per heavy atom. The summed E-state index contributed by atoms with van der Waals surface area (Å²) in [4.78, 5) is 22.2. The van der Waals surface area contributed by atoms with Gasteiger partial charge in [0, 0.05) is 17.9 Å². The number of aliphatic carboxylic acids is 1. The van der Waals surface area contributed by atoms with Crippen LogP contribution < -0.4 is 0 Å². The van der Waals surface area contributed by atoms with E-state index in [4.69, 9.17) is 5.11 Å². The van der Waals surface area contributed by atoms with E-state index in [-0.39, 0.29) is 18.1 Å². The van der Waals surface area contributed by atoms with Crippen molar-refractivity contribution in [3.8, 4) is 0 Å². The van der Waals surface area contributed by atoms with Gasteiger partial charge in [0.25, 0.3) is 0 Å². The van der Waals surface area contributed by atoms with Crippen molar-refractivity contribution >= 4 is 11.8 Å². The standard InChI is InChI=1S/C18H26O3/c1-2-3-7-11-16-15(13-14-17(16)19)10-8-5-4-6-9-12-18(20)21/h3,7,11,13-15H,2,4-6,8-10,12H2,1H3,(H,20,21)/b7-3-,16-11-/t15-/m0/s1. The van der Waals surface area contributed by atoms with Crippen LogP contribution in [0, 0.1) is 5.92 Å². The minimum Gasteiger partial charge on any atom is -0.481 e. The first kappa shape index (κ1) is 17.4. The van der Waals surface area contributed by atoms with Crippen LogP contribution in [0.4, 0.5) is 0 Å². The maximum absolute atomic E-state index is 11.8. The van der Waals surface area contributed by atoms with Crippen LogP contribution in [0.5, 0.6) is 0 Å². The van der Waals surface area contributed by atoms with E-state index in [1.807, 2.05) is 18.2 Å². The van der Waals surface area contributed by atoms with Crippen LogP contribution >= 0.6 is 0 Å². The molecule has 1 N–H and O–H groups in total. The highest BCUT2D eigenvalue weighted by Gasteiger charge is 2.21. The molecule has 0 amide bonds. The molecular formula is C18H26O3. The molecule has 0 aliphatic heterocycles. The number of carbonyl (C=O) groups excluding carboxylic acids is 1. The topological polar surface area (TPSA) is 54.4 Å². The Hall–Kier alpha value is -1.64. The first-order chi connectivity index (χ1) is 10.1. The van der Waals surface area contributed by atoms with Gasteiger partial charge in [-0.15, -0.1) is 0 Å². The summed E-state index contributed by atoms with van der Waals surface area (Å²) >= 11 is 0. The van der Waals surface area contributed by atoms with E-state index in [1.165, 1.54) is 0 Å². The van der Waals surface area contributed by atoms with Crippen molar-refractivity contribution in [1.29, 1.82) is 0 Å². The number of ketones is 1. The van der Waals surface area contributed by atoms with E-state index >= 15 is 0 Å². The Morgan fingerprint density at radius 2 is 1.95 bits per heavy atom. The van der Waals surface area contributed by atoms with Crippen LogP contribution in [0.2, 0.25) is 0 Å². The number of unbranched alkanes of at least 4 members (excludes halogenated alkanes) is 4. The maximum atomic E-state index is 11.8. The zero-order chi connectivity index (χ0) is 15.5. The van der Waals surface area contributed by atoms with Crippen LogP contribution in [0.1, 0.15) is 58.3 Å². The average Bonchev–Trinajstić information content (AvgIpc) is 2.79. The van der Waals surface area contributed by atoms with Crippen molar-refractivity contribution in [2.45, 2.75) is 58.3 Å². The van der Waals surface area contributed by atoms with Crippen molar-refractivity contribution in [3.63, 3.8) is 0 Å². The summed E-state index contributed by atoms with van der Waals surface area (Å²) in [5.74, 6) is -0.306. The largest absolute Gasteiger partial charge is 0.481 e. The number of carboxylic acids is 1. The van der Waals surface area contributed by atoms with Crippen LogP contribution in [0.3, 0.4) is 0 Å². The Bertz CT molecular complexity index is 430. The lowest BCUT2D eigenvalue weighted by atomic mass is 9.94. The number of carbonyl (C=O) groups is 2. The fraction of sp³-hybridized carbons (Fsp3) is 0.556. The van der Waals surface area contributed by atoms with Gasteiger partial charge in [-0.25, -0.2) is 0 Å². The molecule has 1 aliphatic carbocycles. The monoisotopic (exact) mass is 290 g/mol. The lowest BCUT2D eigenvalue weighted by Crippen LogP contribution is -2.02. The fourth-order valence-corrected chi connectivity index (χ4v) is 2.52. The second-order valence-electron chi connectivity index (χ2n) is 5.49. The molecule has 3 nitrogen and oxygen atoms in total. The molecule has 0 saturated carbocycles. The molecule has 0 saturated heterocycles. The molecule has 0 unspecified atom stereocenters. The number of rotatable bonds is 10. The van der Waals surface area contributed by atoms with Crippen molar-refractivity contribution in [2.75, 3.05) is 0 Å². The van der Waals surface area contributed by atoms with Gasteiger partial charge in [0.15, 0.2) is 5.78 Å². The average molecular weight is 290 g/mol. The SMILES string of the molecule is CC/C=C\C=C1/C(=O)C=C[C@@H]1CCCCCCCC(=O)O. The molecule has 1 rings (SSSR count). The van der Waals surface area contributed by atoms with Crippen LogP contribution in [0.25, 0.3) is 0 Å². The second kappa shape index (κ2) is 10.1. The third-order valence-corrected chi connectivity index (χ3v) is 3.72. The molecule has 0 aromatic rings. The Labute approximate surface area is 127 Å². The highest BCUT2D eigenvalue weighted by atomic mass is 16.4. The second-order valence-corrected chi connectivity index (χ2v) is 5.49. The molecule has 0 radical (unpaired) electrons. The van der Waals surface area contributed by atoms with Crippen molar-refractivity contribution in [1.82, 2.24) is 0 Å². The van der Waals surface area contributed by atoms with Crippen LogP contribution in [-0.4, -0.2) is 16.9 Å². The van der Waals surface area contributed by atoms with Crippen molar-refractivity contribution < 1.29 is 14.7 Å². The van der Waals surface area contributed by atoms with Gasteiger partial charge in [0.1, 0.15) is 0 Å². The van der Waals surface area contributed by atoms with Gasteiger partial charge in [-0.3, -0.25) is 9.59 Å². The molecule has 1 aliphatic rings. The normalized spacial score (nSPS) is 20.0. The lowest BCUT2D eigenvalue weighted by Gasteiger charge is -2.09. The third kappa shape index (κ3) is 7.07. The lowest BCUT2D eigenvalue weighted by molar-refractivity contribution is -0.137. The van der Waals surface area contributed by atoms with E-state index < -0.39 is 5.97 Å². The van der Waals surface area contributed by atoms with E-state index in [0.29, 0.717) is 0 Å². The first-order valence-electron chi connectivity index (χ1n) is 7.96. The van der Waals surface area contributed by atoms with Gasteiger partial charge in [-0.1, -0.05) is 56.9 Å². The van der Waals surface area contributed by atoms with Gasteiger partial charge >= 0.3 is 5.97 Å². The first-order valence-corrected chi connectivity index (χ1v) is 7.96. The van der Waals surface area contributed by atoms with Crippen LogP contribution in [0.15, 0.2) is 36.0 Å². The number of hydrogen-bond donors (Lipinski definition) is 1. The zero-order valence-electron chi connectivity index (χ0n) is 12.9. The molecule has 0 spiro atoms. The van der Waals surface area contributed by atoms with Crippen molar-refractivity contribution in [3.05, 3.63) is 36.0 Å².